The number of nitrogens with zero attached hydrogens (tertiary/aromatic N) is 3. The van der Waals surface area contributed by atoms with Crippen LogP contribution >= 0.6 is 0 Å². The Morgan fingerprint density at radius 3 is 2.66 bits per heavy atom. The van der Waals surface area contributed by atoms with E-state index in [9.17, 15) is 19.7 Å². The lowest BCUT2D eigenvalue weighted by Gasteiger charge is -2.33. The highest BCUT2D eigenvalue weighted by Crippen LogP contribution is 2.26. The summed E-state index contributed by atoms with van der Waals surface area (Å²) in [6.07, 6.45) is 2.31. The number of rotatable bonds is 6. The van der Waals surface area contributed by atoms with Gasteiger partial charge in [-0.15, -0.1) is 0 Å². The Hall–Kier alpha value is -2.91. The minimum absolute atomic E-state index is 0.0463. The molecule has 10 heteroatoms. The van der Waals surface area contributed by atoms with Gasteiger partial charge in [-0.05, 0) is 46.1 Å². The fraction of sp³-hybridized carbons (Fsp3) is 0.632. The van der Waals surface area contributed by atoms with Crippen LogP contribution in [0.3, 0.4) is 0 Å². The van der Waals surface area contributed by atoms with Gasteiger partial charge in [0.25, 0.3) is 5.69 Å². The number of carbonyl (C=O) groups excluding carboxylic acids is 2. The summed E-state index contributed by atoms with van der Waals surface area (Å²) < 4.78 is 5.14. The van der Waals surface area contributed by atoms with Crippen molar-refractivity contribution in [2.24, 2.45) is 5.92 Å². The quantitative estimate of drug-likeness (QED) is 0.420. The predicted octanol–water partition coefficient (Wildman–Crippen LogP) is 2.16. The van der Waals surface area contributed by atoms with E-state index in [4.69, 9.17) is 4.74 Å². The van der Waals surface area contributed by atoms with Gasteiger partial charge in [0.15, 0.2) is 0 Å². The van der Waals surface area contributed by atoms with Gasteiger partial charge < -0.3 is 20.3 Å². The molecule has 1 saturated heterocycles. The Kier molecular flexibility index (Phi) is 7.35. The number of carbonyl (C=O) groups is 2. The maximum atomic E-state index is 12.5. The van der Waals surface area contributed by atoms with Gasteiger partial charge in [-0.1, -0.05) is 0 Å². The molecule has 2 N–H and O–H groups in total. The highest BCUT2D eigenvalue weighted by Gasteiger charge is 2.27. The second-order valence-electron chi connectivity index (χ2n) is 8.10. The molecule has 2 heterocycles. The van der Waals surface area contributed by atoms with Crippen molar-refractivity contribution < 1.29 is 19.2 Å². The molecule has 1 aromatic heterocycles. The Morgan fingerprint density at radius 1 is 1.34 bits per heavy atom. The Balaban J connectivity index is 1.83. The minimum atomic E-state index is -0.567. The molecule has 0 saturated carbocycles. The molecule has 2 rings (SSSR count). The van der Waals surface area contributed by atoms with Crippen molar-refractivity contribution in [2.45, 2.75) is 46.1 Å². The third-order valence-electron chi connectivity index (χ3n) is 4.43. The predicted molar refractivity (Wildman–Crippen MR) is 108 cm³/mol. The van der Waals surface area contributed by atoms with Crippen LogP contribution < -0.4 is 15.5 Å². The summed E-state index contributed by atoms with van der Waals surface area (Å²) in [4.78, 5) is 40.7. The second-order valence-corrected chi connectivity index (χ2v) is 8.10. The molecule has 29 heavy (non-hydrogen) atoms. The number of hydrogen-bond acceptors (Lipinski definition) is 7. The van der Waals surface area contributed by atoms with Gasteiger partial charge in [-0.25, -0.2) is 9.78 Å². The van der Waals surface area contributed by atoms with Crippen molar-refractivity contribution in [3.05, 3.63) is 27.9 Å². The summed E-state index contributed by atoms with van der Waals surface area (Å²) in [7, 11) is 0. The lowest BCUT2D eigenvalue weighted by Crippen LogP contribution is -2.45. The molecule has 0 spiro atoms. The van der Waals surface area contributed by atoms with Gasteiger partial charge in [0.2, 0.25) is 5.91 Å². The lowest BCUT2D eigenvalue weighted by molar-refractivity contribution is -0.385. The number of aromatic nitrogens is 1. The van der Waals surface area contributed by atoms with Crippen LogP contribution in [0.4, 0.5) is 16.3 Å². The zero-order valence-corrected chi connectivity index (χ0v) is 17.4. The number of hydrogen-bond donors (Lipinski definition) is 2. The normalized spacial score (nSPS) is 16.8. The Bertz CT molecular complexity index is 762. The third-order valence-corrected chi connectivity index (χ3v) is 4.43. The number of anilines is 1. The van der Waals surface area contributed by atoms with E-state index in [1.54, 1.807) is 27.7 Å². The highest BCUT2D eigenvalue weighted by atomic mass is 16.6. The van der Waals surface area contributed by atoms with Crippen LogP contribution in [-0.4, -0.2) is 53.7 Å². The Labute approximate surface area is 170 Å². The number of nitrogens with one attached hydrogen (secondary N) is 2. The molecular formula is C19H29N5O5. The first-order valence-electron chi connectivity index (χ1n) is 9.67. The lowest BCUT2D eigenvalue weighted by atomic mass is 9.96. The summed E-state index contributed by atoms with van der Waals surface area (Å²) in [5, 5.41) is 16.3. The van der Waals surface area contributed by atoms with Crippen molar-refractivity contribution in [1.29, 1.82) is 0 Å². The largest absolute Gasteiger partial charge is 0.444 e. The van der Waals surface area contributed by atoms with Crippen LogP contribution in [0.15, 0.2) is 12.3 Å². The first kappa shape index (κ1) is 22.4. The summed E-state index contributed by atoms with van der Waals surface area (Å²) in [5.74, 6) is 0.376. The highest BCUT2D eigenvalue weighted by molar-refractivity contribution is 5.79. The molecular weight excluding hydrogens is 378 g/mol. The van der Waals surface area contributed by atoms with Crippen molar-refractivity contribution in [3.63, 3.8) is 0 Å². The van der Waals surface area contributed by atoms with Crippen LogP contribution in [0, 0.1) is 23.0 Å². The van der Waals surface area contributed by atoms with E-state index in [0.29, 0.717) is 24.5 Å². The molecule has 1 atom stereocenters. The number of nitro groups is 1. The number of piperidine rings is 1. The zero-order chi connectivity index (χ0) is 21.6. The molecule has 1 fully saturated rings. The van der Waals surface area contributed by atoms with Gasteiger partial charge in [0.1, 0.15) is 17.6 Å². The van der Waals surface area contributed by atoms with Crippen LogP contribution in [-0.2, 0) is 9.53 Å². The number of amides is 2. The molecule has 160 valence electrons. The molecule has 1 aromatic rings. The maximum Gasteiger partial charge on any atom is 0.407 e. The van der Waals surface area contributed by atoms with Crippen LogP contribution in [0.5, 0.6) is 0 Å². The minimum Gasteiger partial charge on any atom is -0.444 e. The summed E-state index contributed by atoms with van der Waals surface area (Å²) >= 11 is 0. The average molecular weight is 407 g/mol. The molecule has 1 aliphatic heterocycles. The van der Waals surface area contributed by atoms with Crippen molar-refractivity contribution >= 4 is 23.5 Å². The van der Waals surface area contributed by atoms with E-state index in [1.165, 1.54) is 12.3 Å². The maximum absolute atomic E-state index is 12.5. The van der Waals surface area contributed by atoms with E-state index in [-0.39, 0.29) is 24.1 Å². The smallest absolute Gasteiger partial charge is 0.407 e. The second kappa shape index (κ2) is 9.53. The Morgan fingerprint density at radius 2 is 2.03 bits per heavy atom. The third kappa shape index (κ3) is 6.88. The fourth-order valence-electron chi connectivity index (χ4n) is 3.18. The monoisotopic (exact) mass is 407 g/mol. The van der Waals surface area contributed by atoms with Crippen LogP contribution in [0.1, 0.15) is 39.2 Å². The molecule has 10 nitrogen and oxygen atoms in total. The molecule has 2 amide bonds. The van der Waals surface area contributed by atoms with E-state index in [0.717, 1.165) is 19.4 Å². The van der Waals surface area contributed by atoms with Crippen molar-refractivity contribution in [1.82, 2.24) is 15.6 Å². The molecule has 0 aromatic carbocycles. The molecule has 0 aliphatic carbocycles. The van der Waals surface area contributed by atoms with Gasteiger partial charge in [-0.2, -0.15) is 0 Å². The summed E-state index contributed by atoms with van der Waals surface area (Å²) in [6, 6.07) is 1.49. The fourth-order valence-corrected chi connectivity index (χ4v) is 3.18. The SMILES string of the molecule is Cc1cc([N+](=O)[O-])cnc1N1CCCC(C(=O)NCCNC(=O)OC(C)(C)C)C1. The van der Waals surface area contributed by atoms with Crippen LogP contribution in [0.2, 0.25) is 0 Å². The number of alkyl carbamates (subject to hydrolysis) is 1. The van der Waals surface area contributed by atoms with Crippen LogP contribution in [0.25, 0.3) is 0 Å². The molecule has 0 radical (unpaired) electrons. The first-order chi connectivity index (χ1) is 13.6. The van der Waals surface area contributed by atoms with E-state index in [1.807, 2.05) is 4.90 Å². The van der Waals surface area contributed by atoms with Crippen molar-refractivity contribution in [3.8, 4) is 0 Å². The summed E-state index contributed by atoms with van der Waals surface area (Å²) in [6.45, 7) is 8.96. The molecule has 1 aliphatic rings. The molecule has 1 unspecified atom stereocenters. The molecule has 0 bridgehead atoms. The van der Waals surface area contributed by atoms with E-state index < -0.39 is 16.6 Å². The number of ether oxygens (including phenoxy) is 1. The van der Waals surface area contributed by atoms with Gasteiger partial charge in [0, 0.05) is 32.2 Å². The topological polar surface area (TPSA) is 127 Å². The number of aryl methyl sites for hydroxylation is 1. The summed E-state index contributed by atoms with van der Waals surface area (Å²) in [5.41, 5.74) is 0.0972. The van der Waals surface area contributed by atoms with E-state index >= 15 is 0 Å². The van der Waals surface area contributed by atoms with Gasteiger partial charge >= 0.3 is 6.09 Å². The number of pyridine rings is 1. The standard InChI is InChI=1S/C19H29N5O5/c1-13-10-15(24(27)28)11-22-16(13)23-9-5-6-14(12-23)17(25)20-7-8-21-18(26)29-19(2,3)4/h10-11,14H,5-9,12H2,1-4H3,(H,20,25)(H,21,26). The zero-order valence-electron chi connectivity index (χ0n) is 17.4. The average Bonchev–Trinajstić information content (AvgIpc) is 2.63. The first-order valence-corrected chi connectivity index (χ1v) is 9.67. The van der Waals surface area contributed by atoms with Gasteiger partial charge in [-0.3, -0.25) is 14.9 Å². The van der Waals surface area contributed by atoms with E-state index in [2.05, 4.69) is 15.6 Å². The van der Waals surface area contributed by atoms with Crippen molar-refractivity contribution in [2.75, 3.05) is 31.1 Å². The van der Waals surface area contributed by atoms with Gasteiger partial charge in [0.05, 0.1) is 10.8 Å².